The first kappa shape index (κ1) is 19.2. The third-order valence-electron chi connectivity index (χ3n) is 5.10. The highest BCUT2D eigenvalue weighted by molar-refractivity contribution is 5.93. The average Bonchev–Trinajstić information content (AvgIpc) is 2.65. The maximum atomic E-state index is 12.5. The van der Waals surface area contributed by atoms with Crippen molar-refractivity contribution >= 4 is 17.3 Å². The molecule has 0 bridgehead atoms. The molecule has 0 spiro atoms. The van der Waals surface area contributed by atoms with Crippen LogP contribution in [0.3, 0.4) is 0 Å². The van der Waals surface area contributed by atoms with E-state index in [0.29, 0.717) is 6.54 Å². The van der Waals surface area contributed by atoms with Gasteiger partial charge in [-0.3, -0.25) is 9.69 Å². The summed E-state index contributed by atoms with van der Waals surface area (Å²) in [5.74, 6) is 0.929. The number of amides is 1. The topological polar surface area (TPSA) is 44.8 Å². The first-order valence-electron chi connectivity index (χ1n) is 9.45. The monoisotopic (exact) mass is 367 g/mol. The van der Waals surface area contributed by atoms with E-state index in [0.717, 1.165) is 48.7 Å². The highest BCUT2D eigenvalue weighted by Gasteiger charge is 2.20. The number of ether oxygens (including phenoxy) is 1. The lowest BCUT2D eigenvalue weighted by Crippen LogP contribution is -2.48. The Balaban J connectivity index is 1.54. The maximum Gasteiger partial charge on any atom is 0.238 e. The molecular formula is C22H29N3O2. The fraction of sp³-hybridized carbons (Fsp3) is 0.409. The Kier molecular flexibility index (Phi) is 6.01. The minimum atomic E-state index is 0.0554. The van der Waals surface area contributed by atoms with E-state index >= 15 is 0 Å². The molecule has 1 saturated heterocycles. The van der Waals surface area contributed by atoms with E-state index in [-0.39, 0.29) is 5.91 Å². The normalized spacial score (nSPS) is 14.9. The van der Waals surface area contributed by atoms with Gasteiger partial charge in [0, 0.05) is 43.6 Å². The van der Waals surface area contributed by atoms with Gasteiger partial charge in [0.25, 0.3) is 0 Å². The number of hydrogen-bond acceptors (Lipinski definition) is 4. The molecule has 0 saturated carbocycles. The van der Waals surface area contributed by atoms with E-state index < -0.39 is 0 Å². The number of carbonyl (C=O) groups is 1. The molecule has 1 aliphatic heterocycles. The molecule has 0 unspecified atom stereocenters. The van der Waals surface area contributed by atoms with Crippen LogP contribution in [0.15, 0.2) is 36.4 Å². The molecule has 5 heteroatoms. The van der Waals surface area contributed by atoms with Crippen LogP contribution in [0, 0.1) is 20.8 Å². The summed E-state index contributed by atoms with van der Waals surface area (Å²) in [6.07, 6.45) is 0. The van der Waals surface area contributed by atoms with Crippen LogP contribution in [0.25, 0.3) is 0 Å². The van der Waals surface area contributed by atoms with Gasteiger partial charge < -0.3 is 15.0 Å². The summed E-state index contributed by atoms with van der Waals surface area (Å²) in [5, 5.41) is 3.10. The number of methoxy groups -OCH3 is 1. The number of nitrogens with one attached hydrogen (secondary N) is 1. The molecule has 2 aromatic carbocycles. The molecule has 0 aromatic heterocycles. The van der Waals surface area contributed by atoms with Gasteiger partial charge in [-0.25, -0.2) is 0 Å². The molecule has 2 aromatic rings. The molecule has 0 atom stereocenters. The molecule has 1 amide bonds. The number of benzene rings is 2. The largest absolute Gasteiger partial charge is 0.497 e. The summed E-state index contributed by atoms with van der Waals surface area (Å²) in [4.78, 5) is 17.1. The van der Waals surface area contributed by atoms with Gasteiger partial charge in [-0.2, -0.15) is 0 Å². The number of anilines is 2. The first-order valence-corrected chi connectivity index (χ1v) is 9.45. The molecular weight excluding hydrogens is 338 g/mol. The number of piperazine rings is 1. The lowest BCUT2D eigenvalue weighted by molar-refractivity contribution is -0.117. The molecule has 1 fully saturated rings. The molecule has 5 nitrogen and oxygen atoms in total. The molecule has 144 valence electrons. The second kappa shape index (κ2) is 8.44. The van der Waals surface area contributed by atoms with Gasteiger partial charge in [0.2, 0.25) is 5.91 Å². The summed E-state index contributed by atoms with van der Waals surface area (Å²) < 4.78 is 5.31. The standard InChI is InChI=1S/C22H29N3O2/c1-16-12-17(2)22(18(3)13-16)23-21(26)15-24-8-10-25(11-9-24)19-6-5-7-20(14-19)27-4/h5-7,12-14H,8-11,15H2,1-4H3,(H,23,26). The minimum absolute atomic E-state index is 0.0554. The van der Waals surface area contributed by atoms with Crippen molar-refractivity contribution in [3.8, 4) is 5.75 Å². The Morgan fingerprint density at radius 2 is 1.70 bits per heavy atom. The third-order valence-corrected chi connectivity index (χ3v) is 5.10. The van der Waals surface area contributed by atoms with Crippen molar-refractivity contribution in [2.24, 2.45) is 0 Å². The minimum Gasteiger partial charge on any atom is -0.497 e. The van der Waals surface area contributed by atoms with Crippen LogP contribution in [0.2, 0.25) is 0 Å². The predicted octanol–water partition coefficient (Wildman–Crippen LogP) is 3.38. The van der Waals surface area contributed by atoms with E-state index in [1.807, 2.05) is 26.0 Å². The second-order valence-corrected chi connectivity index (χ2v) is 7.29. The van der Waals surface area contributed by atoms with Crippen molar-refractivity contribution in [1.82, 2.24) is 4.90 Å². The van der Waals surface area contributed by atoms with E-state index in [2.05, 4.69) is 46.3 Å². The summed E-state index contributed by atoms with van der Waals surface area (Å²) >= 11 is 0. The van der Waals surface area contributed by atoms with Crippen LogP contribution in [0.5, 0.6) is 5.75 Å². The van der Waals surface area contributed by atoms with Crippen molar-refractivity contribution in [1.29, 1.82) is 0 Å². The van der Waals surface area contributed by atoms with Crippen LogP contribution in [-0.4, -0.2) is 50.6 Å². The molecule has 0 aliphatic carbocycles. The third kappa shape index (κ3) is 4.80. The van der Waals surface area contributed by atoms with Crippen LogP contribution in [0.4, 0.5) is 11.4 Å². The van der Waals surface area contributed by atoms with Crippen molar-refractivity contribution in [2.45, 2.75) is 20.8 Å². The summed E-state index contributed by atoms with van der Waals surface area (Å²) in [7, 11) is 1.69. The number of rotatable bonds is 5. The van der Waals surface area contributed by atoms with Gasteiger partial charge in [0.15, 0.2) is 0 Å². The lowest BCUT2D eigenvalue weighted by Gasteiger charge is -2.35. The van der Waals surface area contributed by atoms with Crippen molar-refractivity contribution in [3.63, 3.8) is 0 Å². The van der Waals surface area contributed by atoms with Gasteiger partial charge in [-0.15, -0.1) is 0 Å². The number of aryl methyl sites for hydroxylation is 3. The molecule has 1 heterocycles. The number of hydrogen-bond donors (Lipinski definition) is 1. The maximum absolute atomic E-state index is 12.5. The zero-order valence-corrected chi connectivity index (χ0v) is 16.7. The highest BCUT2D eigenvalue weighted by atomic mass is 16.5. The first-order chi connectivity index (χ1) is 13.0. The Hall–Kier alpha value is -2.53. The fourth-order valence-electron chi connectivity index (χ4n) is 3.73. The number of nitrogens with zero attached hydrogens (tertiary/aromatic N) is 2. The lowest BCUT2D eigenvalue weighted by atomic mass is 10.1. The summed E-state index contributed by atoms with van der Waals surface area (Å²) in [6.45, 7) is 10.1. The van der Waals surface area contributed by atoms with Crippen LogP contribution in [-0.2, 0) is 4.79 Å². The van der Waals surface area contributed by atoms with Gasteiger partial charge in [-0.05, 0) is 44.0 Å². The van der Waals surface area contributed by atoms with Crippen molar-refractivity contribution < 1.29 is 9.53 Å². The summed E-state index contributed by atoms with van der Waals surface area (Å²) in [5.41, 5.74) is 5.56. The van der Waals surface area contributed by atoms with Crippen LogP contribution >= 0.6 is 0 Å². The molecule has 3 rings (SSSR count). The average molecular weight is 367 g/mol. The van der Waals surface area contributed by atoms with Gasteiger partial charge in [-0.1, -0.05) is 23.8 Å². The number of carbonyl (C=O) groups excluding carboxylic acids is 1. The van der Waals surface area contributed by atoms with E-state index in [4.69, 9.17) is 4.74 Å². The Labute approximate surface area is 161 Å². The predicted molar refractivity (Wildman–Crippen MR) is 111 cm³/mol. The van der Waals surface area contributed by atoms with Gasteiger partial charge in [0.05, 0.1) is 13.7 Å². The Bertz CT molecular complexity index is 788. The van der Waals surface area contributed by atoms with Crippen LogP contribution in [0.1, 0.15) is 16.7 Å². The molecule has 1 N–H and O–H groups in total. The van der Waals surface area contributed by atoms with Crippen LogP contribution < -0.4 is 15.0 Å². The molecule has 27 heavy (non-hydrogen) atoms. The van der Waals surface area contributed by atoms with E-state index in [1.165, 1.54) is 11.3 Å². The van der Waals surface area contributed by atoms with Gasteiger partial charge in [0.1, 0.15) is 5.75 Å². The smallest absolute Gasteiger partial charge is 0.238 e. The quantitative estimate of drug-likeness (QED) is 0.880. The second-order valence-electron chi connectivity index (χ2n) is 7.29. The van der Waals surface area contributed by atoms with Crippen molar-refractivity contribution in [2.75, 3.05) is 50.1 Å². The SMILES string of the molecule is COc1cccc(N2CCN(CC(=O)Nc3c(C)cc(C)cc3C)CC2)c1. The zero-order valence-electron chi connectivity index (χ0n) is 16.7. The van der Waals surface area contributed by atoms with E-state index in [9.17, 15) is 4.79 Å². The zero-order chi connectivity index (χ0) is 19.4. The molecule has 1 aliphatic rings. The molecule has 0 radical (unpaired) electrons. The Morgan fingerprint density at radius 3 is 2.33 bits per heavy atom. The van der Waals surface area contributed by atoms with Gasteiger partial charge >= 0.3 is 0 Å². The van der Waals surface area contributed by atoms with E-state index in [1.54, 1.807) is 7.11 Å². The Morgan fingerprint density at radius 1 is 1.04 bits per heavy atom. The summed E-state index contributed by atoms with van der Waals surface area (Å²) in [6, 6.07) is 12.4. The fourth-order valence-corrected chi connectivity index (χ4v) is 3.73. The van der Waals surface area contributed by atoms with Crippen molar-refractivity contribution in [3.05, 3.63) is 53.1 Å². The highest BCUT2D eigenvalue weighted by Crippen LogP contribution is 2.23.